The van der Waals surface area contributed by atoms with Crippen LogP contribution in [0.1, 0.15) is 5.56 Å². The van der Waals surface area contributed by atoms with E-state index in [1.807, 2.05) is 31.2 Å². The van der Waals surface area contributed by atoms with Crippen molar-refractivity contribution in [3.05, 3.63) is 29.8 Å². The van der Waals surface area contributed by atoms with Crippen LogP contribution in [0.3, 0.4) is 0 Å². The van der Waals surface area contributed by atoms with Gasteiger partial charge in [-0.25, -0.2) is 0 Å². The Balaban J connectivity index is 1.63. The van der Waals surface area contributed by atoms with E-state index in [1.54, 1.807) is 0 Å². The average Bonchev–Trinajstić information content (AvgIpc) is 2.39. The summed E-state index contributed by atoms with van der Waals surface area (Å²) >= 11 is 0. The molecule has 0 N–H and O–H groups in total. The van der Waals surface area contributed by atoms with Crippen LogP contribution >= 0.6 is 0 Å². The summed E-state index contributed by atoms with van der Waals surface area (Å²) in [6, 6.07) is 7.88. The number of hydrogen-bond donors (Lipinski definition) is 0. The molecule has 0 aromatic heterocycles. The van der Waals surface area contributed by atoms with Gasteiger partial charge in [-0.3, -0.25) is 0 Å². The van der Waals surface area contributed by atoms with Gasteiger partial charge in [0.25, 0.3) is 0 Å². The second-order valence-corrected chi connectivity index (χ2v) is 4.59. The van der Waals surface area contributed by atoms with Crippen LogP contribution in [0.5, 0.6) is 5.75 Å². The summed E-state index contributed by atoms with van der Waals surface area (Å²) in [5.41, 5.74) is 1.16. The molecule has 4 rings (SSSR count). The van der Waals surface area contributed by atoms with E-state index in [9.17, 15) is 0 Å². The highest BCUT2D eigenvalue weighted by molar-refractivity contribution is 5.27. The third-order valence-corrected chi connectivity index (χ3v) is 3.02. The maximum Gasteiger partial charge on any atom is 0.319 e. The van der Waals surface area contributed by atoms with E-state index in [4.69, 9.17) is 18.9 Å². The Kier molecular flexibility index (Phi) is 2.78. The molecule has 0 amide bonds. The van der Waals surface area contributed by atoms with Crippen molar-refractivity contribution in [1.82, 2.24) is 0 Å². The molecule has 3 heterocycles. The SMILES string of the molecule is Cc1cccc(OCC23OCC(CO2)CO3)c1. The molecule has 1 aromatic carbocycles. The molecule has 0 spiro atoms. The van der Waals surface area contributed by atoms with Crippen LogP contribution in [0.2, 0.25) is 0 Å². The average molecular weight is 236 g/mol. The van der Waals surface area contributed by atoms with Gasteiger partial charge < -0.3 is 18.9 Å². The molecule has 3 fully saturated rings. The smallest absolute Gasteiger partial charge is 0.319 e. The van der Waals surface area contributed by atoms with Crippen LogP contribution in [-0.2, 0) is 14.2 Å². The topological polar surface area (TPSA) is 36.9 Å². The fourth-order valence-electron chi connectivity index (χ4n) is 2.01. The second-order valence-electron chi connectivity index (χ2n) is 4.59. The van der Waals surface area contributed by atoms with Gasteiger partial charge in [-0.15, -0.1) is 0 Å². The van der Waals surface area contributed by atoms with Crippen LogP contribution in [0.25, 0.3) is 0 Å². The van der Waals surface area contributed by atoms with Gasteiger partial charge in [0.05, 0.1) is 19.8 Å². The van der Waals surface area contributed by atoms with Crippen molar-refractivity contribution < 1.29 is 18.9 Å². The van der Waals surface area contributed by atoms with Crippen molar-refractivity contribution >= 4 is 0 Å². The minimum atomic E-state index is -0.988. The third kappa shape index (κ3) is 2.29. The zero-order chi connectivity index (χ0) is 11.7. The van der Waals surface area contributed by atoms with Gasteiger partial charge in [0, 0.05) is 5.92 Å². The zero-order valence-electron chi connectivity index (χ0n) is 9.85. The Hall–Kier alpha value is -1.10. The number of benzene rings is 1. The molecule has 92 valence electrons. The zero-order valence-corrected chi connectivity index (χ0v) is 9.85. The molecule has 4 heteroatoms. The molecule has 0 saturated carbocycles. The van der Waals surface area contributed by atoms with Crippen molar-refractivity contribution in [1.29, 1.82) is 0 Å². The second kappa shape index (κ2) is 4.29. The van der Waals surface area contributed by atoms with Gasteiger partial charge in [0.15, 0.2) is 6.61 Å². The van der Waals surface area contributed by atoms with E-state index in [1.165, 1.54) is 0 Å². The lowest BCUT2D eigenvalue weighted by Crippen LogP contribution is -2.57. The lowest BCUT2D eigenvalue weighted by atomic mass is 10.1. The standard InChI is InChI=1S/C13H16O4/c1-10-3-2-4-12(5-10)14-9-13-15-6-11(7-16-13)8-17-13/h2-5,11H,6-9H2,1H3. The molecule has 4 nitrogen and oxygen atoms in total. The molecule has 17 heavy (non-hydrogen) atoms. The molecule has 0 aliphatic carbocycles. The van der Waals surface area contributed by atoms with Gasteiger partial charge in [-0.1, -0.05) is 12.1 Å². The molecular weight excluding hydrogens is 220 g/mol. The van der Waals surface area contributed by atoms with Crippen LogP contribution < -0.4 is 4.74 Å². The lowest BCUT2D eigenvalue weighted by molar-refractivity contribution is -0.453. The summed E-state index contributed by atoms with van der Waals surface area (Å²) in [5.74, 6) is 0.192. The van der Waals surface area contributed by atoms with Crippen molar-refractivity contribution in [2.45, 2.75) is 12.9 Å². The summed E-state index contributed by atoms with van der Waals surface area (Å²) < 4.78 is 22.3. The molecule has 3 saturated heterocycles. The minimum absolute atomic E-state index is 0.267. The van der Waals surface area contributed by atoms with E-state index in [-0.39, 0.29) is 6.61 Å². The quantitative estimate of drug-likeness (QED) is 0.800. The van der Waals surface area contributed by atoms with Crippen LogP contribution in [0.15, 0.2) is 24.3 Å². The van der Waals surface area contributed by atoms with Crippen LogP contribution in [-0.4, -0.2) is 32.4 Å². The van der Waals surface area contributed by atoms with E-state index in [2.05, 4.69) is 0 Å². The Morgan fingerprint density at radius 2 is 1.94 bits per heavy atom. The Labute approximate surface area is 100 Å². The molecule has 0 radical (unpaired) electrons. The maximum absolute atomic E-state index is 5.67. The maximum atomic E-state index is 5.67. The molecule has 0 atom stereocenters. The lowest BCUT2D eigenvalue weighted by Gasteiger charge is -2.44. The number of aryl methyl sites for hydroxylation is 1. The summed E-state index contributed by atoms with van der Waals surface area (Å²) in [6.07, 6.45) is 0. The number of ether oxygens (including phenoxy) is 4. The normalized spacial score (nSPS) is 31.5. The molecule has 1 aromatic rings. The fraction of sp³-hybridized carbons (Fsp3) is 0.538. The summed E-state index contributed by atoms with van der Waals surface area (Å²) in [5, 5.41) is 0. The highest BCUT2D eigenvalue weighted by Gasteiger charge is 2.45. The molecule has 3 aliphatic heterocycles. The van der Waals surface area contributed by atoms with Crippen molar-refractivity contribution in [3.8, 4) is 5.75 Å². The summed E-state index contributed by atoms with van der Waals surface area (Å²) in [6.45, 7) is 4.37. The number of hydrogen-bond acceptors (Lipinski definition) is 4. The minimum Gasteiger partial charge on any atom is -0.485 e. The Morgan fingerprint density at radius 1 is 1.24 bits per heavy atom. The largest absolute Gasteiger partial charge is 0.485 e. The first-order valence-electron chi connectivity index (χ1n) is 5.87. The first-order valence-corrected chi connectivity index (χ1v) is 5.87. The predicted molar refractivity (Wildman–Crippen MR) is 60.8 cm³/mol. The van der Waals surface area contributed by atoms with Crippen LogP contribution in [0, 0.1) is 12.8 Å². The highest BCUT2D eigenvalue weighted by atomic mass is 16.9. The third-order valence-electron chi connectivity index (χ3n) is 3.02. The van der Waals surface area contributed by atoms with Gasteiger partial charge >= 0.3 is 5.97 Å². The first-order chi connectivity index (χ1) is 8.26. The van der Waals surface area contributed by atoms with Crippen molar-refractivity contribution in [3.63, 3.8) is 0 Å². The highest BCUT2D eigenvalue weighted by Crippen LogP contribution is 2.30. The fourth-order valence-corrected chi connectivity index (χ4v) is 2.01. The molecule has 0 unspecified atom stereocenters. The predicted octanol–water partition coefficient (Wildman–Crippen LogP) is 1.72. The summed E-state index contributed by atoms with van der Waals surface area (Å²) in [7, 11) is 0. The van der Waals surface area contributed by atoms with Crippen LogP contribution in [0.4, 0.5) is 0 Å². The van der Waals surface area contributed by atoms with Crippen molar-refractivity contribution in [2.75, 3.05) is 26.4 Å². The first kappa shape index (κ1) is 11.0. The van der Waals surface area contributed by atoms with Gasteiger partial charge in [-0.05, 0) is 24.6 Å². The van der Waals surface area contributed by atoms with Gasteiger partial charge in [-0.2, -0.15) is 0 Å². The Bertz CT molecular complexity index is 382. The number of fused-ring (bicyclic) bond motifs is 3. The summed E-state index contributed by atoms with van der Waals surface area (Å²) in [4.78, 5) is 0. The Morgan fingerprint density at radius 3 is 2.59 bits per heavy atom. The van der Waals surface area contributed by atoms with Gasteiger partial charge in [0.2, 0.25) is 0 Å². The monoisotopic (exact) mass is 236 g/mol. The van der Waals surface area contributed by atoms with Crippen molar-refractivity contribution in [2.24, 2.45) is 5.92 Å². The van der Waals surface area contributed by atoms with E-state index in [0.717, 1.165) is 11.3 Å². The molecule has 3 aliphatic rings. The molecular formula is C13H16O4. The van der Waals surface area contributed by atoms with E-state index in [0.29, 0.717) is 25.7 Å². The van der Waals surface area contributed by atoms with E-state index < -0.39 is 5.97 Å². The molecule has 2 bridgehead atoms. The van der Waals surface area contributed by atoms with Gasteiger partial charge in [0.1, 0.15) is 5.75 Å². The van der Waals surface area contributed by atoms with E-state index >= 15 is 0 Å². The number of rotatable bonds is 3.